The maximum atomic E-state index is 12.1. The number of nitrogens with one attached hydrogen (secondary N) is 2. The molecule has 1 radical (unpaired) electrons. The molecule has 3 amide bonds. The molecule has 0 saturated carbocycles. The Morgan fingerprint density at radius 1 is 1.12 bits per heavy atom. The Bertz CT molecular complexity index is 494. The lowest BCUT2D eigenvalue weighted by atomic mass is 10.0. The van der Waals surface area contributed by atoms with Gasteiger partial charge < -0.3 is 27.2 Å². The van der Waals surface area contributed by atoms with Gasteiger partial charge in [0.15, 0.2) is 0 Å². The zero-order valence-corrected chi connectivity index (χ0v) is 13.6. The van der Waals surface area contributed by atoms with Crippen LogP contribution in [0.15, 0.2) is 0 Å². The van der Waals surface area contributed by atoms with Crippen LogP contribution in [0.25, 0.3) is 0 Å². The maximum absolute atomic E-state index is 12.1. The smallest absolute Gasteiger partial charge is 0.305 e. The van der Waals surface area contributed by atoms with Crippen molar-refractivity contribution in [2.45, 2.75) is 51.2 Å². The van der Waals surface area contributed by atoms with Crippen molar-refractivity contribution < 1.29 is 29.1 Å². The van der Waals surface area contributed by atoms with E-state index in [9.17, 15) is 24.0 Å². The Balaban J connectivity index is 4.90. The number of carboxylic acid groups (broad SMARTS) is 1. The second kappa shape index (κ2) is 10.3. The standard InChI is InChI=1S/C14H23N4O6/c1-7(2)10(6-19)18-14(24)9(5-12(21)22)17-13(23)8(15)3-4-11(16)20/h7-10H,3-5,15H2,1-2H3,(H2,16,20)(H,17,23)(H,18,24)(H,21,22)/t8-,9-,10+/m0/s1. The van der Waals surface area contributed by atoms with Gasteiger partial charge in [-0.25, -0.2) is 0 Å². The van der Waals surface area contributed by atoms with E-state index in [1.54, 1.807) is 20.1 Å². The fourth-order valence-electron chi connectivity index (χ4n) is 1.68. The number of amides is 3. The van der Waals surface area contributed by atoms with E-state index < -0.39 is 48.2 Å². The molecule has 10 nitrogen and oxygen atoms in total. The molecule has 0 heterocycles. The zero-order chi connectivity index (χ0) is 18.9. The summed E-state index contributed by atoms with van der Waals surface area (Å²) in [4.78, 5) is 56.3. The minimum atomic E-state index is -1.41. The van der Waals surface area contributed by atoms with Crippen molar-refractivity contribution in [3.8, 4) is 0 Å². The minimum absolute atomic E-state index is 0.0423. The minimum Gasteiger partial charge on any atom is -0.481 e. The van der Waals surface area contributed by atoms with Gasteiger partial charge in [-0.2, -0.15) is 0 Å². The summed E-state index contributed by atoms with van der Waals surface area (Å²) in [5.74, 6) is -3.86. The molecular weight excluding hydrogens is 320 g/mol. The molecular formula is C14H23N4O6. The van der Waals surface area contributed by atoms with Crippen LogP contribution in [-0.2, 0) is 24.0 Å². The second-order valence-corrected chi connectivity index (χ2v) is 5.62. The molecule has 0 spiro atoms. The summed E-state index contributed by atoms with van der Waals surface area (Å²) < 4.78 is 0. The van der Waals surface area contributed by atoms with Crippen LogP contribution in [0, 0.1) is 5.92 Å². The maximum Gasteiger partial charge on any atom is 0.305 e. The third-order valence-electron chi connectivity index (χ3n) is 3.14. The predicted octanol–water partition coefficient (Wildman–Crippen LogP) is -2.21. The van der Waals surface area contributed by atoms with Crippen molar-refractivity contribution in [1.29, 1.82) is 0 Å². The average Bonchev–Trinajstić information content (AvgIpc) is 2.48. The molecule has 10 heteroatoms. The summed E-state index contributed by atoms with van der Waals surface area (Å²) in [6, 6.07) is -3.47. The van der Waals surface area contributed by atoms with Gasteiger partial charge in [0.05, 0.1) is 18.5 Å². The monoisotopic (exact) mass is 343 g/mol. The number of carbonyl (C=O) groups is 4. The van der Waals surface area contributed by atoms with Crippen LogP contribution in [0.3, 0.4) is 0 Å². The lowest BCUT2D eigenvalue weighted by Gasteiger charge is -2.22. The van der Waals surface area contributed by atoms with Gasteiger partial charge in [-0.3, -0.25) is 24.0 Å². The average molecular weight is 343 g/mol. The van der Waals surface area contributed by atoms with E-state index in [0.29, 0.717) is 0 Å². The molecule has 0 aromatic heterocycles. The molecule has 24 heavy (non-hydrogen) atoms. The molecule has 0 fully saturated rings. The van der Waals surface area contributed by atoms with E-state index in [1.165, 1.54) is 0 Å². The first-order valence-electron chi connectivity index (χ1n) is 7.32. The van der Waals surface area contributed by atoms with E-state index in [4.69, 9.17) is 16.6 Å². The van der Waals surface area contributed by atoms with E-state index >= 15 is 0 Å². The lowest BCUT2D eigenvalue weighted by Crippen LogP contribution is -2.54. The van der Waals surface area contributed by atoms with Gasteiger partial charge in [0.1, 0.15) is 6.04 Å². The van der Waals surface area contributed by atoms with E-state index in [2.05, 4.69) is 10.6 Å². The van der Waals surface area contributed by atoms with Crippen LogP contribution >= 0.6 is 0 Å². The van der Waals surface area contributed by atoms with Gasteiger partial charge >= 0.3 is 5.97 Å². The highest BCUT2D eigenvalue weighted by molar-refractivity contribution is 5.93. The molecule has 0 bridgehead atoms. The summed E-state index contributed by atoms with van der Waals surface area (Å²) in [7, 11) is 0. The van der Waals surface area contributed by atoms with Gasteiger partial charge in [-0.05, 0) is 12.3 Å². The Labute approximate surface area is 139 Å². The molecule has 0 unspecified atom stereocenters. The Hall–Kier alpha value is -2.49. The third-order valence-corrected chi connectivity index (χ3v) is 3.14. The van der Waals surface area contributed by atoms with Crippen molar-refractivity contribution >= 4 is 30.0 Å². The van der Waals surface area contributed by atoms with Crippen molar-refractivity contribution in [3.05, 3.63) is 0 Å². The summed E-state index contributed by atoms with van der Waals surface area (Å²) in [6.45, 7) is 3.33. The molecule has 0 aliphatic heterocycles. The number of hydrogen-bond acceptors (Lipinski definition) is 6. The summed E-state index contributed by atoms with van der Waals surface area (Å²) >= 11 is 0. The van der Waals surface area contributed by atoms with Gasteiger partial charge in [0, 0.05) is 6.42 Å². The van der Waals surface area contributed by atoms with Gasteiger partial charge in [0.25, 0.3) is 0 Å². The van der Waals surface area contributed by atoms with Crippen molar-refractivity contribution in [3.63, 3.8) is 0 Å². The molecule has 0 rings (SSSR count). The highest BCUT2D eigenvalue weighted by Gasteiger charge is 2.28. The van der Waals surface area contributed by atoms with Crippen LogP contribution in [0.2, 0.25) is 0 Å². The predicted molar refractivity (Wildman–Crippen MR) is 83.0 cm³/mol. The number of aliphatic carboxylic acids is 1. The molecule has 3 atom stereocenters. The lowest BCUT2D eigenvalue weighted by molar-refractivity contribution is -0.140. The Morgan fingerprint density at radius 2 is 1.71 bits per heavy atom. The number of carboxylic acids is 1. The first-order valence-corrected chi connectivity index (χ1v) is 7.32. The van der Waals surface area contributed by atoms with Crippen LogP contribution in [-0.4, -0.2) is 53.2 Å². The van der Waals surface area contributed by atoms with E-state index in [1.807, 2.05) is 0 Å². The highest BCUT2D eigenvalue weighted by atomic mass is 16.4. The molecule has 0 aromatic carbocycles. The Morgan fingerprint density at radius 3 is 2.12 bits per heavy atom. The van der Waals surface area contributed by atoms with Crippen LogP contribution in [0.1, 0.15) is 33.1 Å². The number of nitrogens with two attached hydrogens (primary N) is 2. The van der Waals surface area contributed by atoms with E-state index in [0.717, 1.165) is 0 Å². The molecule has 0 saturated heterocycles. The number of hydrogen-bond donors (Lipinski definition) is 5. The second-order valence-electron chi connectivity index (χ2n) is 5.62. The highest BCUT2D eigenvalue weighted by Crippen LogP contribution is 2.02. The van der Waals surface area contributed by atoms with Crippen molar-refractivity contribution in [2.75, 3.05) is 0 Å². The quantitative estimate of drug-likeness (QED) is 0.282. The largest absolute Gasteiger partial charge is 0.481 e. The molecule has 0 aliphatic carbocycles. The molecule has 0 aliphatic rings. The first-order chi connectivity index (χ1) is 11.1. The SMILES string of the molecule is CC(C)[C@@H]([C]=O)NC(=O)[C@H](CC(=O)O)NC(=O)[C@@H](N)CCC(N)=O. The summed E-state index contributed by atoms with van der Waals surface area (Å²) in [6.07, 6.45) is 0.773. The molecule has 0 aromatic rings. The van der Waals surface area contributed by atoms with Crippen molar-refractivity contribution in [1.82, 2.24) is 10.6 Å². The van der Waals surface area contributed by atoms with Crippen LogP contribution in [0.5, 0.6) is 0 Å². The summed E-state index contributed by atoms with van der Waals surface area (Å²) in [5, 5.41) is 13.4. The topological polar surface area (TPSA) is 182 Å². The number of rotatable bonds is 11. The molecule has 7 N–H and O–H groups in total. The van der Waals surface area contributed by atoms with Gasteiger partial charge in [-0.1, -0.05) is 13.8 Å². The first kappa shape index (κ1) is 21.5. The van der Waals surface area contributed by atoms with Crippen LogP contribution < -0.4 is 22.1 Å². The zero-order valence-electron chi connectivity index (χ0n) is 13.6. The van der Waals surface area contributed by atoms with Gasteiger partial charge in [-0.15, -0.1) is 0 Å². The Kier molecular flexibility index (Phi) is 9.25. The normalized spacial score (nSPS) is 14.3. The van der Waals surface area contributed by atoms with E-state index in [-0.39, 0.29) is 18.8 Å². The van der Waals surface area contributed by atoms with Crippen LogP contribution in [0.4, 0.5) is 0 Å². The fraction of sp³-hybridized carbons (Fsp3) is 0.643. The van der Waals surface area contributed by atoms with Gasteiger partial charge in [0.2, 0.25) is 24.0 Å². The fourth-order valence-corrected chi connectivity index (χ4v) is 1.68. The third kappa shape index (κ3) is 8.22. The summed E-state index contributed by atoms with van der Waals surface area (Å²) in [5.41, 5.74) is 10.5. The molecule has 135 valence electrons. The number of primary amides is 1. The van der Waals surface area contributed by atoms with Crippen molar-refractivity contribution in [2.24, 2.45) is 17.4 Å². The number of carbonyl (C=O) groups excluding carboxylic acids is 4.